The van der Waals surface area contributed by atoms with Crippen molar-refractivity contribution in [3.8, 4) is 23.1 Å². The molecule has 1 aliphatic heterocycles. The number of hydrogen-bond donors (Lipinski definition) is 0. The SMILES string of the molecule is c1ccc([C@H]2c3c(ccc4ccccc34)Oc3ncn4nc(-c5ccccn5)nc4c32)cc1. The number of rotatable bonds is 2. The fourth-order valence-corrected chi connectivity index (χ4v) is 4.69. The van der Waals surface area contributed by atoms with Crippen molar-refractivity contribution in [2.24, 2.45) is 0 Å². The predicted octanol–water partition coefficient (Wildman–Crippen LogP) is 5.63. The molecule has 156 valence electrons. The van der Waals surface area contributed by atoms with Crippen molar-refractivity contribution < 1.29 is 4.74 Å². The van der Waals surface area contributed by atoms with Crippen LogP contribution >= 0.6 is 0 Å². The van der Waals surface area contributed by atoms with E-state index in [1.165, 1.54) is 5.39 Å². The van der Waals surface area contributed by atoms with Crippen molar-refractivity contribution in [3.05, 3.63) is 114 Å². The molecule has 1 atom stereocenters. The van der Waals surface area contributed by atoms with Crippen LogP contribution < -0.4 is 4.74 Å². The Hall–Kier alpha value is -4.58. The Labute approximate surface area is 189 Å². The lowest BCUT2D eigenvalue weighted by Crippen LogP contribution is -2.15. The predicted molar refractivity (Wildman–Crippen MR) is 125 cm³/mol. The number of hydrogen-bond acceptors (Lipinski definition) is 5. The van der Waals surface area contributed by atoms with Gasteiger partial charge in [-0.2, -0.15) is 0 Å². The van der Waals surface area contributed by atoms with Crippen LogP contribution in [0.4, 0.5) is 0 Å². The Bertz CT molecular complexity index is 1640. The van der Waals surface area contributed by atoms with Crippen LogP contribution in [0, 0.1) is 0 Å². The zero-order chi connectivity index (χ0) is 21.8. The van der Waals surface area contributed by atoms with Gasteiger partial charge in [-0.3, -0.25) is 4.98 Å². The molecule has 6 aromatic rings. The van der Waals surface area contributed by atoms with Crippen LogP contribution in [-0.2, 0) is 0 Å². The molecule has 6 heteroatoms. The minimum Gasteiger partial charge on any atom is -0.438 e. The first-order chi connectivity index (χ1) is 16.4. The van der Waals surface area contributed by atoms with E-state index < -0.39 is 0 Å². The average Bonchev–Trinajstić information content (AvgIpc) is 3.33. The molecule has 0 radical (unpaired) electrons. The van der Waals surface area contributed by atoms with Gasteiger partial charge in [0.05, 0.1) is 5.56 Å². The fourth-order valence-electron chi connectivity index (χ4n) is 4.69. The average molecular weight is 427 g/mol. The number of ether oxygens (including phenoxy) is 1. The molecule has 6 nitrogen and oxygen atoms in total. The van der Waals surface area contributed by atoms with Crippen LogP contribution in [0.15, 0.2) is 97.5 Å². The van der Waals surface area contributed by atoms with Gasteiger partial charge in [-0.25, -0.2) is 14.5 Å². The second-order valence-electron chi connectivity index (χ2n) is 8.03. The third-order valence-corrected chi connectivity index (χ3v) is 6.13. The van der Waals surface area contributed by atoms with Crippen molar-refractivity contribution >= 4 is 16.4 Å². The van der Waals surface area contributed by atoms with E-state index in [9.17, 15) is 0 Å². The molecule has 0 bridgehead atoms. The van der Waals surface area contributed by atoms with Gasteiger partial charge in [0.2, 0.25) is 11.7 Å². The zero-order valence-electron chi connectivity index (χ0n) is 17.5. The summed E-state index contributed by atoms with van der Waals surface area (Å²) < 4.78 is 8.07. The van der Waals surface area contributed by atoms with Crippen LogP contribution in [0.25, 0.3) is 27.9 Å². The van der Waals surface area contributed by atoms with E-state index >= 15 is 0 Å². The van der Waals surface area contributed by atoms with Crippen molar-refractivity contribution in [2.45, 2.75) is 5.92 Å². The molecule has 7 rings (SSSR count). The highest BCUT2D eigenvalue weighted by Gasteiger charge is 2.34. The molecule has 0 aliphatic carbocycles. The minimum absolute atomic E-state index is 0.104. The summed E-state index contributed by atoms with van der Waals surface area (Å²) >= 11 is 0. The fraction of sp³-hybridized carbons (Fsp3) is 0.0370. The summed E-state index contributed by atoms with van der Waals surface area (Å²) in [5.41, 5.74) is 4.60. The van der Waals surface area contributed by atoms with Gasteiger partial charge in [-0.1, -0.05) is 66.7 Å². The standard InChI is InChI=1S/C27H17N5O/c1-2-9-18(10-3-1)22-23-19-11-5-4-8-17(19)13-14-21(23)33-27-24(22)26-30-25(31-32(26)16-29-27)20-12-6-7-15-28-20/h1-16,22H/t22-/m0/s1. The Kier molecular flexibility index (Phi) is 3.81. The van der Waals surface area contributed by atoms with E-state index in [1.807, 2.05) is 30.3 Å². The monoisotopic (exact) mass is 427 g/mol. The molecule has 33 heavy (non-hydrogen) atoms. The minimum atomic E-state index is -0.104. The quantitative estimate of drug-likeness (QED) is 0.358. The Morgan fingerprint density at radius 1 is 0.758 bits per heavy atom. The van der Waals surface area contributed by atoms with Gasteiger partial charge in [-0.15, -0.1) is 5.10 Å². The summed E-state index contributed by atoms with van der Waals surface area (Å²) in [6.45, 7) is 0. The smallest absolute Gasteiger partial charge is 0.228 e. The Morgan fingerprint density at radius 2 is 1.61 bits per heavy atom. The molecule has 1 aliphatic rings. The third kappa shape index (κ3) is 2.74. The first kappa shape index (κ1) is 18.0. The van der Waals surface area contributed by atoms with E-state index in [1.54, 1.807) is 17.0 Å². The summed E-state index contributed by atoms with van der Waals surface area (Å²) in [5, 5.41) is 6.98. The Balaban J connectivity index is 1.55. The maximum Gasteiger partial charge on any atom is 0.228 e. The van der Waals surface area contributed by atoms with Gasteiger partial charge in [0.15, 0.2) is 5.65 Å². The first-order valence-electron chi connectivity index (χ1n) is 10.8. The maximum atomic E-state index is 6.35. The summed E-state index contributed by atoms with van der Waals surface area (Å²) in [7, 11) is 0. The second-order valence-corrected chi connectivity index (χ2v) is 8.03. The first-order valence-corrected chi connectivity index (χ1v) is 10.8. The van der Waals surface area contributed by atoms with Gasteiger partial charge < -0.3 is 4.74 Å². The zero-order valence-corrected chi connectivity index (χ0v) is 17.5. The lowest BCUT2D eigenvalue weighted by molar-refractivity contribution is 0.433. The van der Waals surface area contributed by atoms with Gasteiger partial charge in [0.1, 0.15) is 17.8 Å². The molecule has 3 aromatic carbocycles. The summed E-state index contributed by atoms with van der Waals surface area (Å²) in [6.07, 6.45) is 3.40. The van der Waals surface area contributed by atoms with Crippen molar-refractivity contribution in [2.75, 3.05) is 0 Å². The second kappa shape index (κ2) is 6.97. The van der Waals surface area contributed by atoms with Gasteiger partial charge in [-0.05, 0) is 34.5 Å². The Morgan fingerprint density at radius 3 is 2.48 bits per heavy atom. The summed E-state index contributed by atoms with van der Waals surface area (Å²) in [4.78, 5) is 13.9. The lowest BCUT2D eigenvalue weighted by atomic mass is 9.81. The van der Waals surface area contributed by atoms with E-state index in [0.29, 0.717) is 23.0 Å². The third-order valence-electron chi connectivity index (χ3n) is 6.13. The maximum absolute atomic E-state index is 6.35. The van der Waals surface area contributed by atoms with Gasteiger partial charge in [0.25, 0.3) is 0 Å². The van der Waals surface area contributed by atoms with Crippen molar-refractivity contribution in [3.63, 3.8) is 0 Å². The van der Waals surface area contributed by atoms with Crippen LogP contribution in [0.1, 0.15) is 22.6 Å². The molecule has 0 fully saturated rings. The molecule has 0 saturated carbocycles. The summed E-state index contributed by atoms with van der Waals surface area (Å²) in [5.74, 6) is 1.82. The largest absolute Gasteiger partial charge is 0.438 e. The molecule has 0 amide bonds. The topological polar surface area (TPSA) is 65.2 Å². The highest BCUT2D eigenvalue weighted by molar-refractivity contribution is 5.90. The van der Waals surface area contributed by atoms with E-state index in [0.717, 1.165) is 27.8 Å². The molecule has 0 N–H and O–H groups in total. The number of fused-ring (bicyclic) bond motifs is 6. The van der Waals surface area contributed by atoms with E-state index in [2.05, 4.69) is 69.7 Å². The van der Waals surface area contributed by atoms with Crippen LogP contribution in [0.5, 0.6) is 11.6 Å². The lowest BCUT2D eigenvalue weighted by Gasteiger charge is -2.29. The molecule has 3 aromatic heterocycles. The highest BCUT2D eigenvalue weighted by Crippen LogP contribution is 2.50. The molecular weight excluding hydrogens is 410 g/mol. The molecular formula is C27H17N5O. The number of benzene rings is 3. The van der Waals surface area contributed by atoms with Gasteiger partial charge >= 0.3 is 0 Å². The van der Waals surface area contributed by atoms with Gasteiger partial charge in [0, 0.05) is 17.7 Å². The molecule has 0 unspecified atom stereocenters. The molecule has 0 spiro atoms. The number of pyridine rings is 1. The number of aromatic nitrogens is 5. The van der Waals surface area contributed by atoms with E-state index in [4.69, 9.17) is 9.72 Å². The van der Waals surface area contributed by atoms with Crippen molar-refractivity contribution in [1.82, 2.24) is 24.6 Å². The highest BCUT2D eigenvalue weighted by atomic mass is 16.5. The molecule has 0 saturated heterocycles. The molecule has 4 heterocycles. The van der Waals surface area contributed by atoms with Crippen molar-refractivity contribution in [1.29, 1.82) is 0 Å². The number of nitrogens with zero attached hydrogens (tertiary/aromatic N) is 5. The normalized spacial score (nSPS) is 14.6. The van der Waals surface area contributed by atoms with Crippen LogP contribution in [0.2, 0.25) is 0 Å². The van der Waals surface area contributed by atoms with Crippen LogP contribution in [0.3, 0.4) is 0 Å². The van der Waals surface area contributed by atoms with Crippen LogP contribution in [-0.4, -0.2) is 24.6 Å². The van der Waals surface area contributed by atoms with E-state index in [-0.39, 0.29) is 5.92 Å². The summed E-state index contributed by atoms with van der Waals surface area (Å²) in [6, 6.07) is 28.7.